The van der Waals surface area contributed by atoms with Gasteiger partial charge in [0.05, 0.1) is 27.8 Å². The summed E-state index contributed by atoms with van der Waals surface area (Å²) in [7, 11) is 0. The van der Waals surface area contributed by atoms with E-state index in [1.807, 2.05) is 11.3 Å². The number of fused-ring (bicyclic) bond motifs is 13. The minimum atomic E-state index is 0.0257. The number of hydrogen-bond donors (Lipinski definition) is 0. The first-order valence-corrected chi connectivity index (χ1v) is 21.0. The van der Waals surface area contributed by atoms with Crippen molar-refractivity contribution in [1.82, 2.24) is 9.13 Å². The fourth-order valence-electron chi connectivity index (χ4n) is 10.1. The van der Waals surface area contributed by atoms with E-state index in [4.69, 9.17) is 0 Å². The van der Waals surface area contributed by atoms with Crippen molar-refractivity contribution in [2.24, 2.45) is 0 Å². The highest BCUT2D eigenvalue weighted by Gasteiger charge is 2.45. The predicted octanol–water partition coefficient (Wildman–Crippen LogP) is 12.3. The van der Waals surface area contributed by atoms with Gasteiger partial charge in [0.15, 0.2) is 0 Å². The van der Waals surface area contributed by atoms with Crippen molar-refractivity contribution in [2.75, 3.05) is 4.90 Å². The highest BCUT2D eigenvalue weighted by atomic mass is 32.1. The normalized spacial score (nSPS) is 13.7. The molecule has 5 heteroatoms. The molecule has 2 aliphatic rings. The molecule has 57 heavy (non-hydrogen) atoms. The highest BCUT2D eigenvalue weighted by molar-refractivity contribution is 7.33. The van der Waals surface area contributed by atoms with Gasteiger partial charge in [0.2, 0.25) is 0 Å². The third-order valence-electron chi connectivity index (χ3n) is 12.8. The van der Waals surface area contributed by atoms with Crippen LogP contribution in [-0.2, 0) is 10.8 Å². The number of nitrogens with zero attached hydrogens (tertiary/aromatic N) is 3. The number of aromatic nitrogens is 2. The van der Waals surface area contributed by atoms with Gasteiger partial charge in [-0.05, 0) is 93.5 Å². The Kier molecular flexibility index (Phi) is 6.57. The van der Waals surface area contributed by atoms with Gasteiger partial charge in [0.25, 0.3) is 6.71 Å². The van der Waals surface area contributed by atoms with Gasteiger partial charge in [-0.2, -0.15) is 0 Å². The van der Waals surface area contributed by atoms with Gasteiger partial charge in [0, 0.05) is 59.2 Å². The summed E-state index contributed by atoms with van der Waals surface area (Å²) in [4.78, 5) is 2.59. The van der Waals surface area contributed by atoms with Crippen molar-refractivity contribution in [3.63, 3.8) is 0 Å². The molecular formula is C52H42BN3S. The van der Waals surface area contributed by atoms with Crippen LogP contribution in [0.15, 0.2) is 146 Å². The van der Waals surface area contributed by atoms with Gasteiger partial charge in [0.1, 0.15) is 0 Å². The monoisotopic (exact) mass is 751 g/mol. The maximum Gasteiger partial charge on any atom is 0.264 e. The fourth-order valence-corrected chi connectivity index (χ4v) is 11.4. The lowest BCUT2D eigenvalue weighted by Gasteiger charge is -2.39. The molecule has 274 valence electrons. The Hall–Kier alpha value is -6.04. The molecule has 0 saturated carbocycles. The first-order valence-electron chi connectivity index (χ1n) is 20.2. The molecule has 0 radical (unpaired) electrons. The van der Waals surface area contributed by atoms with E-state index in [-0.39, 0.29) is 17.5 Å². The van der Waals surface area contributed by atoms with Crippen LogP contribution < -0.4 is 20.6 Å². The van der Waals surface area contributed by atoms with Crippen molar-refractivity contribution < 1.29 is 0 Å². The molecule has 0 saturated heterocycles. The lowest BCUT2D eigenvalue weighted by atomic mass is 9.36. The predicted molar refractivity (Wildman–Crippen MR) is 247 cm³/mol. The molecule has 3 nitrogen and oxygen atoms in total. The van der Waals surface area contributed by atoms with E-state index >= 15 is 0 Å². The van der Waals surface area contributed by atoms with Crippen LogP contribution in [0, 0.1) is 0 Å². The average Bonchev–Trinajstić information content (AvgIpc) is 3.87. The Labute approximate surface area is 337 Å². The Morgan fingerprint density at radius 1 is 0.491 bits per heavy atom. The van der Waals surface area contributed by atoms with E-state index in [1.54, 1.807) is 0 Å². The first-order chi connectivity index (χ1) is 27.6. The molecule has 0 bridgehead atoms. The Morgan fingerprint density at radius 2 is 1.14 bits per heavy atom. The molecule has 2 aliphatic heterocycles. The fraction of sp³-hybridized carbons (Fsp3) is 0.154. The standard InChI is InChI=1S/C52H42BN3S/c1-51(2,3)31-23-26-34(27-24-31)55-42-21-14-22-43-46(42)53(50-48(55)38-29-32(52(4,5)6)25-28-44(38)57-50)39-30-37-35-17-10-12-19-40(35)54(33-15-8-7-9-16-33)47(37)45-36-18-11-13-20-41(36)56(43)49(39)45/h7-30H,1-6H3. The lowest BCUT2D eigenvalue weighted by Crippen LogP contribution is -2.59. The van der Waals surface area contributed by atoms with E-state index in [1.165, 1.54) is 109 Å². The zero-order chi connectivity index (χ0) is 38.5. The molecule has 10 aromatic rings. The SMILES string of the molecule is CC(C)(C)c1ccc(N2c3cccc4c3B(c3sc5ccc(C(C)(C)C)cc5c32)c2cc3c5ccccc5n(-c5ccccc5)c3c3c5ccccc5n-4c23)cc1. The summed E-state index contributed by atoms with van der Waals surface area (Å²) in [6, 6.07) is 55.2. The topological polar surface area (TPSA) is 13.1 Å². The van der Waals surface area contributed by atoms with Crippen molar-refractivity contribution in [3.8, 4) is 11.4 Å². The van der Waals surface area contributed by atoms with Crippen LogP contribution in [-0.4, -0.2) is 15.8 Å². The van der Waals surface area contributed by atoms with Crippen molar-refractivity contribution in [3.05, 3.63) is 157 Å². The average molecular weight is 752 g/mol. The molecular weight excluding hydrogens is 709 g/mol. The molecule has 5 heterocycles. The van der Waals surface area contributed by atoms with Crippen LogP contribution in [0.5, 0.6) is 0 Å². The van der Waals surface area contributed by atoms with Gasteiger partial charge in [-0.3, -0.25) is 0 Å². The number of para-hydroxylation sites is 3. The van der Waals surface area contributed by atoms with Gasteiger partial charge in [-0.1, -0.05) is 126 Å². The maximum absolute atomic E-state index is 2.60. The minimum absolute atomic E-state index is 0.0257. The highest BCUT2D eigenvalue weighted by Crippen LogP contribution is 2.48. The third-order valence-corrected chi connectivity index (χ3v) is 14.0. The molecule has 0 atom stereocenters. The first kappa shape index (κ1) is 33.1. The zero-order valence-electron chi connectivity index (χ0n) is 33.2. The molecule has 12 rings (SSSR count). The van der Waals surface area contributed by atoms with Crippen LogP contribution in [0.25, 0.3) is 65.1 Å². The molecule has 0 fully saturated rings. The summed E-state index contributed by atoms with van der Waals surface area (Å²) in [5.74, 6) is 0. The third kappa shape index (κ3) is 4.44. The molecule has 0 amide bonds. The summed E-state index contributed by atoms with van der Waals surface area (Å²) in [6.07, 6.45) is 0. The molecule has 0 unspecified atom stereocenters. The summed E-state index contributed by atoms with van der Waals surface area (Å²) < 4.78 is 7.86. The second-order valence-electron chi connectivity index (χ2n) is 18.2. The van der Waals surface area contributed by atoms with Crippen LogP contribution in [0.4, 0.5) is 17.1 Å². The van der Waals surface area contributed by atoms with Crippen LogP contribution in [0.2, 0.25) is 0 Å². The Bertz CT molecular complexity index is 3310. The Balaban J connectivity index is 1.26. The molecule has 3 aromatic heterocycles. The van der Waals surface area contributed by atoms with E-state index in [9.17, 15) is 0 Å². The van der Waals surface area contributed by atoms with Crippen LogP contribution in [0.3, 0.4) is 0 Å². The summed E-state index contributed by atoms with van der Waals surface area (Å²) in [5, 5.41) is 6.54. The quantitative estimate of drug-likeness (QED) is 0.160. The minimum Gasteiger partial charge on any atom is -0.310 e. The number of hydrogen-bond acceptors (Lipinski definition) is 2. The molecule has 0 spiro atoms. The van der Waals surface area contributed by atoms with Crippen LogP contribution in [0.1, 0.15) is 52.7 Å². The van der Waals surface area contributed by atoms with Gasteiger partial charge >= 0.3 is 0 Å². The largest absolute Gasteiger partial charge is 0.310 e. The zero-order valence-corrected chi connectivity index (χ0v) is 34.0. The van der Waals surface area contributed by atoms with E-state index in [0.717, 1.165) is 0 Å². The number of rotatable bonds is 2. The Morgan fingerprint density at radius 3 is 1.88 bits per heavy atom. The molecule has 0 aliphatic carbocycles. The number of anilines is 3. The van der Waals surface area contributed by atoms with E-state index in [0.29, 0.717) is 0 Å². The second-order valence-corrected chi connectivity index (χ2v) is 19.3. The van der Waals surface area contributed by atoms with E-state index in [2.05, 4.69) is 201 Å². The second kappa shape index (κ2) is 11.3. The van der Waals surface area contributed by atoms with Crippen LogP contribution >= 0.6 is 11.3 Å². The van der Waals surface area contributed by atoms with E-state index < -0.39 is 0 Å². The van der Waals surface area contributed by atoms with Crippen molar-refractivity contribution in [1.29, 1.82) is 0 Å². The summed E-state index contributed by atoms with van der Waals surface area (Å²) >= 11 is 1.98. The maximum atomic E-state index is 2.60. The molecule has 0 N–H and O–H groups in total. The summed E-state index contributed by atoms with van der Waals surface area (Å²) in [6.45, 7) is 13.9. The van der Waals surface area contributed by atoms with Crippen molar-refractivity contribution in [2.45, 2.75) is 52.4 Å². The number of thiophene rings is 1. The van der Waals surface area contributed by atoms with Gasteiger partial charge < -0.3 is 14.0 Å². The lowest BCUT2D eigenvalue weighted by molar-refractivity contribution is 0.590. The molecule has 7 aromatic carbocycles. The smallest absolute Gasteiger partial charge is 0.264 e. The number of benzene rings is 7. The van der Waals surface area contributed by atoms with Gasteiger partial charge in [-0.25, -0.2) is 0 Å². The summed E-state index contributed by atoms with van der Waals surface area (Å²) in [5.41, 5.74) is 16.9. The van der Waals surface area contributed by atoms with Gasteiger partial charge in [-0.15, -0.1) is 11.3 Å². The van der Waals surface area contributed by atoms with Crippen molar-refractivity contribution >= 4 is 105 Å².